The fourth-order valence-corrected chi connectivity index (χ4v) is 2.10. The van der Waals surface area contributed by atoms with Crippen LogP contribution in [0.4, 0.5) is 8.78 Å². The molecule has 0 aromatic heterocycles. The van der Waals surface area contributed by atoms with E-state index < -0.39 is 23.3 Å². The summed E-state index contributed by atoms with van der Waals surface area (Å²) in [7, 11) is 0. The van der Waals surface area contributed by atoms with Crippen LogP contribution in [0.15, 0.2) is 42.5 Å². The topological polar surface area (TPSA) is 40.9 Å². The molecule has 0 heterocycles. The molecule has 0 saturated carbocycles. The highest BCUT2D eigenvalue weighted by molar-refractivity contribution is 6.02. The van der Waals surface area contributed by atoms with Crippen LogP contribution in [0.25, 0.3) is 0 Å². The van der Waals surface area contributed by atoms with Crippen molar-refractivity contribution in [1.82, 2.24) is 0 Å². The molecular weight excluding hydrogens is 272 g/mol. The molecule has 0 bridgehead atoms. The Morgan fingerprint density at radius 3 is 2.19 bits per heavy atom. The maximum Gasteiger partial charge on any atom is 0.184 e. The Morgan fingerprint density at radius 1 is 1.14 bits per heavy atom. The predicted octanol–water partition coefficient (Wildman–Crippen LogP) is 4.02. The first-order valence-corrected chi connectivity index (χ1v) is 6.54. The summed E-state index contributed by atoms with van der Waals surface area (Å²) in [6, 6.07) is 11.4. The summed E-state index contributed by atoms with van der Waals surface area (Å²) in [5, 5.41) is 9.18. The lowest BCUT2D eigenvalue weighted by atomic mass is 9.91. The van der Waals surface area contributed by atoms with E-state index in [4.69, 9.17) is 0 Å². The van der Waals surface area contributed by atoms with Crippen molar-refractivity contribution in [2.45, 2.75) is 19.3 Å². The Balaban J connectivity index is 2.36. The molecule has 21 heavy (non-hydrogen) atoms. The number of halogens is 2. The third-order valence-electron chi connectivity index (χ3n) is 3.26. The Hall–Kier alpha value is -2.54. The zero-order valence-electron chi connectivity index (χ0n) is 11.4. The summed E-state index contributed by atoms with van der Waals surface area (Å²) >= 11 is 0. The van der Waals surface area contributed by atoms with E-state index in [0.29, 0.717) is 11.6 Å². The number of hydrogen-bond donors (Lipinski definition) is 0. The van der Waals surface area contributed by atoms with Gasteiger partial charge in [0.05, 0.1) is 6.07 Å². The van der Waals surface area contributed by atoms with Gasteiger partial charge < -0.3 is 0 Å². The third-order valence-corrected chi connectivity index (χ3v) is 3.26. The first kappa shape index (κ1) is 14.9. The minimum Gasteiger partial charge on any atom is -0.292 e. The van der Waals surface area contributed by atoms with Crippen molar-refractivity contribution in [2.24, 2.45) is 0 Å². The van der Waals surface area contributed by atoms with E-state index >= 15 is 0 Å². The number of nitriles is 1. The first-order chi connectivity index (χ1) is 10.0. The lowest BCUT2D eigenvalue weighted by Crippen LogP contribution is -2.12. The van der Waals surface area contributed by atoms with Gasteiger partial charge >= 0.3 is 0 Å². The number of carbonyl (C=O) groups is 1. The number of nitrogens with zero attached hydrogens (tertiary/aromatic N) is 1. The van der Waals surface area contributed by atoms with E-state index in [1.165, 1.54) is 0 Å². The molecule has 1 atom stereocenters. The molecule has 106 valence electrons. The van der Waals surface area contributed by atoms with Crippen LogP contribution in [-0.4, -0.2) is 5.78 Å². The Bertz CT molecular complexity index is 681. The van der Waals surface area contributed by atoms with Crippen LogP contribution in [-0.2, 0) is 6.42 Å². The van der Waals surface area contributed by atoms with E-state index in [2.05, 4.69) is 0 Å². The van der Waals surface area contributed by atoms with E-state index in [-0.39, 0.29) is 5.56 Å². The maximum absolute atomic E-state index is 13.2. The van der Waals surface area contributed by atoms with Gasteiger partial charge in [-0.05, 0) is 29.7 Å². The quantitative estimate of drug-likeness (QED) is 0.796. The van der Waals surface area contributed by atoms with E-state index in [1.54, 1.807) is 24.3 Å². The van der Waals surface area contributed by atoms with Gasteiger partial charge in [0, 0.05) is 11.6 Å². The first-order valence-electron chi connectivity index (χ1n) is 6.54. The Kier molecular flexibility index (Phi) is 4.44. The van der Waals surface area contributed by atoms with Crippen molar-refractivity contribution in [3.05, 3.63) is 70.8 Å². The maximum atomic E-state index is 13.2. The molecule has 2 aromatic carbocycles. The fraction of sp³-hybridized carbons (Fsp3) is 0.176. The molecule has 2 rings (SSSR count). The number of hydrogen-bond acceptors (Lipinski definition) is 2. The second-order valence-electron chi connectivity index (χ2n) is 4.68. The van der Waals surface area contributed by atoms with Crippen LogP contribution in [0, 0.1) is 23.0 Å². The van der Waals surface area contributed by atoms with Gasteiger partial charge in [-0.3, -0.25) is 4.79 Å². The molecule has 0 spiro atoms. The summed E-state index contributed by atoms with van der Waals surface area (Å²) in [5.74, 6) is -3.30. The zero-order valence-corrected chi connectivity index (χ0v) is 11.4. The lowest BCUT2D eigenvalue weighted by molar-refractivity contribution is 0.0979. The van der Waals surface area contributed by atoms with Gasteiger partial charge in [0.2, 0.25) is 0 Å². The smallest absolute Gasteiger partial charge is 0.184 e. The summed E-state index contributed by atoms with van der Waals surface area (Å²) in [6.45, 7) is 1.99. The second-order valence-corrected chi connectivity index (χ2v) is 4.68. The standard InChI is InChI=1S/C17H13F2NO/c1-2-11-3-5-12(6-4-11)17(21)16(10-20)13-7-14(18)9-15(19)8-13/h3-9,16H,2H2,1H3. The second kappa shape index (κ2) is 6.27. The average Bonchev–Trinajstić information content (AvgIpc) is 2.47. The van der Waals surface area contributed by atoms with Crippen molar-refractivity contribution in [1.29, 1.82) is 5.26 Å². The van der Waals surface area contributed by atoms with Crippen LogP contribution in [0.2, 0.25) is 0 Å². The van der Waals surface area contributed by atoms with Crippen LogP contribution in [0.5, 0.6) is 0 Å². The largest absolute Gasteiger partial charge is 0.292 e. The van der Waals surface area contributed by atoms with Crippen LogP contribution < -0.4 is 0 Å². The number of rotatable bonds is 4. The number of benzene rings is 2. The van der Waals surface area contributed by atoms with Crippen LogP contribution in [0.3, 0.4) is 0 Å². The molecule has 2 aromatic rings. The van der Waals surface area contributed by atoms with E-state index in [9.17, 15) is 18.8 Å². The highest BCUT2D eigenvalue weighted by Gasteiger charge is 2.23. The molecule has 0 saturated heterocycles. The third kappa shape index (κ3) is 3.32. The van der Waals surface area contributed by atoms with Gasteiger partial charge in [-0.2, -0.15) is 5.26 Å². The highest BCUT2D eigenvalue weighted by Crippen LogP contribution is 2.22. The monoisotopic (exact) mass is 285 g/mol. The summed E-state index contributed by atoms with van der Waals surface area (Å²) in [6.07, 6.45) is 0.839. The number of Topliss-reactive ketones (excluding diaryl/α,β-unsaturated/α-hetero) is 1. The molecule has 2 nitrogen and oxygen atoms in total. The predicted molar refractivity (Wildman–Crippen MR) is 74.9 cm³/mol. The number of carbonyl (C=O) groups excluding carboxylic acids is 1. The molecule has 0 radical (unpaired) electrons. The molecule has 0 aliphatic heterocycles. The normalized spacial score (nSPS) is 11.7. The summed E-state index contributed by atoms with van der Waals surface area (Å²) < 4.78 is 26.5. The van der Waals surface area contributed by atoms with Gasteiger partial charge in [-0.15, -0.1) is 0 Å². The van der Waals surface area contributed by atoms with Crippen LogP contribution in [0.1, 0.15) is 34.3 Å². The van der Waals surface area contributed by atoms with Crippen molar-refractivity contribution in [3.63, 3.8) is 0 Å². The highest BCUT2D eigenvalue weighted by atomic mass is 19.1. The fourth-order valence-electron chi connectivity index (χ4n) is 2.10. The Morgan fingerprint density at radius 2 is 1.71 bits per heavy atom. The van der Waals surface area contributed by atoms with Gasteiger partial charge in [0.15, 0.2) is 5.78 Å². The molecule has 1 unspecified atom stereocenters. The molecular formula is C17H13F2NO. The van der Waals surface area contributed by atoms with Gasteiger partial charge in [-0.1, -0.05) is 31.2 Å². The number of ketones is 1. The minimum absolute atomic E-state index is 0.0274. The summed E-state index contributed by atoms with van der Waals surface area (Å²) in [5.41, 5.74) is 1.44. The van der Waals surface area contributed by atoms with E-state index in [1.807, 2.05) is 13.0 Å². The van der Waals surface area contributed by atoms with Crippen molar-refractivity contribution >= 4 is 5.78 Å². The molecule has 0 amide bonds. The Labute approximate surface area is 121 Å². The lowest BCUT2D eigenvalue weighted by Gasteiger charge is -2.09. The molecule has 0 N–H and O–H groups in total. The van der Waals surface area contributed by atoms with Crippen molar-refractivity contribution < 1.29 is 13.6 Å². The van der Waals surface area contributed by atoms with Gasteiger partial charge in [0.25, 0.3) is 0 Å². The van der Waals surface area contributed by atoms with Crippen molar-refractivity contribution in [2.75, 3.05) is 0 Å². The average molecular weight is 285 g/mol. The van der Waals surface area contributed by atoms with Crippen molar-refractivity contribution in [3.8, 4) is 6.07 Å². The molecule has 0 aliphatic rings. The van der Waals surface area contributed by atoms with Gasteiger partial charge in [0.1, 0.15) is 17.6 Å². The summed E-state index contributed by atoms with van der Waals surface area (Å²) in [4.78, 5) is 12.3. The SMILES string of the molecule is CCc1ccc(C(=O)C(C#N)c2cc(F)cc(F)c2)cc1. The molecule has 4 heteroatoms. The molecule has 0 aliphatic carbocycles. The van der Waals surface area contributed by atoms with Crippen LogP contribution >= 0.6 is 0 Å². The zero-order chi connectivity index (χ0) is 15.4. The van der Waals surface area contributed by atoms with Gasteiger partial charge in [-0.25, -0.2) is 8.78 Å². The number of aryl methyl sites for hydroxylation is 1. The minimum atomic E-state index is -1.22. The van der Waals surface area contributed by atoms with E-state index in [0.717, 1.165) is 24.1 Å². The molecule has 0 fully saturated rings.